The zero-order valence-electron chi connectivity index (χ0n) is 33.8. The smallest absolute Gasteiger partial charge is 0.339 e. The fraction of sp³-hybridized carbons (Fsp3) is 0.568. The first-order valence-electron chi connectivity index (χ1n) is 20.7. The third-order valence-corrected chi connectivity index (χ3v) is 16.6. The normalized spacial score (nSPS) is 31.3. The van der Waals surface area contributed by atoms with Crippen LogP contribution in [0.5, 0.6) is 5.75 Å². The van der Waals surface area contributed by atoms with Crippen LogP contribution in [0.3, 0.4) is 0 Å². The highest BCUT2D eigenvalue weighted by Crippen LogP contribution is 2.58. The lowest BCUT2D eigenvalue weighted by atomic mass is 9.61. The molecule has 0 radical (unpaired) electrons. The van der Waals surface area contributed by atoms with Crippen LogP contribution < -0.4 is 26.7 Å². The largest absolute Gasteiger partial charge is 0.481 e. The number of hydrogen-bond acceptors (Lipinski definition) is 13. The molecule has 2 aliphatic carbocycles. The van der Waals surface area contributed by atoms with Crippen molar-refractivity contribution in [2.24, 2.45) is 23.5 Å². The number of carbonyl (C=O) groups is 2. The van der Waals surface area contributed by atoms with Crippen molar-refractivity contribution in [3.8, 4) is 5.75 Å². The van der Waals surface area contributed by atoms with Crippen molar-refractivity contribution in [3.05, 3.63) is 86.1 Å². The van der Waals surface area contributed by atoms with Gasteiger partial charge in [0.15, 0.2) is 11.2 Å². The van der Waals surface area contributed by atoms with Gasteiger partial charge in [-0.25, -0.2) is 9.59 Å². The van der Waals surface area contributed by atoms with E-state index >= 15 is 0 Å². The SMILES string of the molecule is CC=C(C)C(=O)OC1(C)CC=C2CSSC3CCC(NC)C4CN(C(=O)CC5=C(C=C(N)NC5)C2C12Cc1cc5cc(CC(CO)CCCO)c(=O)oc5cc1O2)C34. The van der Waals surface area contributed by atoms with Gasteiger partial charge >= 0.3 is 11.6 Å². The van der Waals surface area contributed by atoms with Crippen molar-refractivity contribution in [2.45, 2.75) is 101 Å². The van der Waals surface area contributed by atoms with Gasteiger partial charge < -0.3 is 45.4 Å². The molecule has 5 heterocycles. The molecule has 8 atom stereocenters. The number of ether oxygens (including phenoxy) is 2. The number of nitrogens with zero attached hydrogens (tertiary/aromatic N) is 1. The summed E-state index contributed by atoms with van der Waals surface area (Å²) >= 11 is 0. The molecule has 12 nitrogen and oxygen atoms in total. The van der Waals surface area contributed by atoms with E-state index in [0.717, 1.165) is 47.1 Å². The van der Waals surface area contributed by atoms with Crippen LogP contribution in [0.15, 0.2) is 73.8 Å². The first kappa shape index (κ1) is 41.1. The van der Waals surface area contributed by atoms with E-state index in [9.17, 15) is 24.6 Å². The van der Waals surface area contributed by atoms with Crippen LogP contribution in [0.2, 0.25) is 0 Å². The maximum Gasteiger partial charge on any atom is 0.339 e. The van der Waals surface area contributed by atoms with Gasteiger partial charge in [0.2, 0.25) is 5.91 Å². The molecule has 4 aliphatic heterocycles. The second-order valence-corrected chi connectivity index (χ2v) is 19.7. The summed E-state index contributed by atoms with van der Waals surface area (Å²) in [6.07, 6.45) is 10.5. The second kappa shape index (κ2) is 16.4. The molecule has 1 aromatic heterocycles. The van der Waals surface area contributed by atoms with Gasteiger partial charge in [0.05, 0.1) is 24.2 Å². The fourth-order valence-electron chi connectivity index (χ4n) is 10.3. The molecule has 1 spiro atoms. The topological polar surface area (TPSA) is 177 Å². The number of hydrogen-bond donors (Lipinski definition) is 5. The number of carbonyl (C=O) groups excluding carboxylic acids is 2. The molecule has 6 aliphatic rings. The Labute approximate surface area is 347 Å². The molecule has 6 N–H and O–H groups in total. The quantitative estimate of drug-likeness (QED) is 0.0776. The van der Waals surface area contributed by atoms with E-state index in [0.29, 0.717) is 89.9 Å². The first-order chi connectivity index (χ1) is 27.9. The third-order valence-electron chi connectivity index (χ3n) is 13.7. The molecular weight excluding hydrogens is 777 g/mol. The molecule has 1 saturated carbocycles. The van der Waals surface area contributed by atoms with E-state index in [2.05, 4.69) is 21.6 Å². The van der Waals surface area contributed by atoms with Gasteiger partial charge in [0, 0.05) is 84.7 Å². The number of allylic oxidation sites excluding steroid dienone is 2. The summed E-state index contributed by atoms with van der Waals surface area (Å²) in [5.74, 6) is 1.21. The summed E-state index contributed by atoms with van der Waals surface area (Å²) in [6.45, 7) is 6.57. The summed E-state index contributed by atoms with van der Waals surface area (Å²) in [4.78, 5) is 43.6. The maximum absolute atomic E-state index is 14.4. The minimum absolute atomic E-state index is 0.0134. The lowest BCUT2D eigenvalue weighted by molar-refractivity contribution is -0.186. The number of aliphatic hydroxyl groups excluding tert-OH is 2. The molecule has 1 saturated heterocycles. The molecule has 1 amide bonds. The van der Waals surface area contributed by atoms with Crippen molar-refractivity contribution >= 4 is 44.4 Å². The van der Waals surface area contributed by atoms with E-state index in [1.54, 1.807) is 19.1 Å². The van der Waals surface area contributed by atoms with Crippen molar-refractivity contribution in [2.75, 3.05) is 39.1 Å². The van der Waals surface area contributed by atoms with Crippen molar-refractivity contribution in [3.63, 3.8) is 0 Å². The summed E-state index contributed by atoms with van der Waals surface area (Å²) in [6, 6.07) is 6.19. The molecule has 8 rings (SSSR count). The van der Waals surface area contributed by atoms with Crippen LogP contribution in [0, 0.1) is 17.8 Å². The minimum atomic E-state index is -1.17. The maximum atomic E-state index is 14.4. The number of fused-ring (bicyclic) bond motifs is 5. The predicted molar refractivity (Wildman–Crippen MR) is 227 cm³/mol. The Hall–Kier alpha value is -3.69. The molecule has 1 aromatic carbocycles. The summed E-state index contributed by atoms with van der Waals surface area (Å²) in [5, 5.41) is 27.2. The Morgan fingerprint density at radius 3 is 2.83 bits per heavy atom. The molecule has 8 unspecified atom stereocenters. The minimum Gasteiger partial charge on any atom is -0.481 e. The Bertz CT molecular complexity index is 2170. The van der Waals surface area contributed by atoms with Crippen molar-refractivity contribution in [1.82, 2.24) is 15.5 Å². The lowest BCUT2D eigenvalue weighted by Gasteiger charge is -2.57. The van der Waals surface area contributed by atoms with E-state index < -0.39 is 28.7 Å². The Balaban J connectivity index is 1.25. The molecule has 312 valence electrons. The zero-order valence-corrected chi connectivity index (χ0v) is 35.4. The van der Waals surface area contributed by atoms with Crippen LogP contribution in [-0.4, -0.2) is 94.6 Å². The predicted octanol–water partition coefficient (Wildman–Crippen LogP) is 4.67. The van der Waals surface area contributed by atoms with Crippen molar-refractivity contribution in [1.29, 1.82) is 0 Å². The molecule has 14 heteroatoms. The van der Waals surface area contributed by atoms with E-state index in [1.807, 2.05) is 60.7 Å². The number of esters is 1. The Morgan fingerprint density at radius 2 is 2.07 bits per heavy atom. The summed E-state index contributed by atoms with van der Waals surface area (Å²) < 4.78 is 19.8. The van der Waals surface area contributed by atoms with E-state index in [4.69, 9.17) is 19.6 Å². The third kappa shape index (κ3) is 7.20. The average molecular weight is 833 g/mol. The molecule has 2 aromatic rings. The first-order valence-corrected chi connectivity index (χ1v) is 23.0. The lowest BCUT2D eigenvalue weighted by Crippen LogP contribution is -2.69. The van der Waals surface area contributed by atoms with Crippen LogP contribution >= 0.6 is 21.6 Å². The van der Waals surface area contributed by atoms with Crippen LogP contribution in [0.25, 0.3) is 11.0 Å². The number of rotatable bonds is 9. The van der Waals surface area contributed by atoms with Gasteiger partial charge in [-0.3, -0.25) is 4.79 Å². The highest BCUT2D eigenvalue weighted by atomic mass is 33.1. The second-order valence-electron chi connectivity index (χ2n) is 17.1. The molecule has 0 bridgehead atoms. The summed E-state index contributed by atoms with van der Waals surface area (Å²) in [7, 11) is 5.74. The standard InChI is InChI=1S/C44H56N4O8S2/c1-5-24(2)41(52)56-43(3)11-10-26-23-57-58-36-9-8-33(46-4)32-21-48(40(32)36)38(51)16-30-20-47-37(45)17-31(30)39(26)44(43)19-29-15-27-14-28(13-25(22-50)7-6-12-49)42(53)54-34(27)18-35(29)55-44/h5,10,14-15,17-18,25,32-33,36,39-40,46-47,49-50H,6-9,11-13,16,19-23,45H2,1-4H3. The highest BCUT2D eigenvalue weighted by molar-refractivity contribution is 8.77. The fourth-order valence-corrected chi connectivity index (χ4v) is 13.4. The van der Waals surface area contributed by atoms with Gasteiger partial charge in [-0.15, -0.1) is 0 Å². The Morgan fingerprint density at radius 1 is 1.24 bits per heavy atom. The van der Waals surface area contributed by atoms with Crippen LogP contribution in [0.4, 0.5) is 0 Å². The number of benzene rings is 1. The van der Waals surface area contributed by atoms with Gasteiger partial charge in [-0.05, 0) is 101 Å². The molecule has 58 heavy (non-hydrogen) atoms. The van der Waals surface area contributed by atoms with E-state index in [-0.39, 0.29) is 37.5 Å². The van der Waals surface area contributed by atoms with Gasteiger partial charge in [0.1, 0.15) is 11.3 Å². The van der Waals surface area contributed by atoms with Gasteiger partial charge in [0.25, 0.3) is 0 Å². The number of nitrogens with two attached hydrogens (primary N) is 1. The van der Waals surface area contributed by atoms with Gasteiger partial charge in [-0.2, -0.15) is 0 Å². The number of dihydropyridines is 1. The molecule has 2 fully saturated rings. The summed E-state index contributed by atoms with van der Waals surface area (Å²) in [5.41, 5.74) is 8.94. The monoisotopic (exact) mass is 832 g/mol. The van der Waals surface area contributed by atoms with Gasteiger partial charge in [-0.1, -0.05) is 39.3 Å². The Kier molecular flexibility index (Phi) is 11.6. The highest BCUT2D eigenvalue weighted by Gasteiger charge is 2.64. The number of aliphatic hydroxyl groups is 2. The van der Waals surface area contributed by atoms with Crippen molar-refractivity contribution < 1.29 is 33.7 Å². The number of nitrogens with one attached hydrogen (secondary N) is 2. The average Bonchev–Trinajstić information content (AvgIpc) is 3.56. The van der Waals surface area contributed by atoms with E-state index in [1.165, 1.54) is 0 Å². The van der Waals surface area contributed by atoms with Crippen LogP contribution in [0.1, 0.15) is 70.4 Å². The van der Waals surface area contributed by atoms with Crippen LogP contribution in [-0.2, 0) is 27.2 Å². The number of amides is 1. The molecular formula is C44H56N4O8S2. The zero-order chi connectivity index (χ0) is 40.9.